The molecule has 0 amide bonds. The summed E-state index contributed by atoms with van der Waals surface area (Å²) < 4.78 is 0. The number of nitrogens with one attached hydrogen (secondary N) is 1. The molecule has 3 nitrogen and oxygen atoms in total. The summed E-state index contributed by atoms with van der Waals surface area (Å²) in [6.07, 6.45) is 0. The molecule has 0 aliphatic rings. The summed E-state index contributed by atoms with van der Waals surface area (Å²) >= 11 is 3.09. The van der Waals surface area contributed by atoms with Crippen LogP contribution >= 0.6 is 22.7 Å². The molecule has 0 radical (unpaired) electrons. The van der Waals surface area contributed by atoms with Gasteiger partial charge in [-0.2, -0.15) is 5.26 Å². The van der Waals surface area contributed by atoms with E-state index in [1.165, 1.54) is 16.2 Å². The molecule has 0 aromatic carbocycles. The van der Waals surface area contributed by atoms with Gasteiger partial charge in [0.15, 0.2) is 0 Å². The van der Waals surface area contributed by atoms with E-state index in [4.69, 9.17) is 11.0 Å². The molecule has 0 atom stereocenters. The van der Waals surface area contributed by atoms with Crippen LogP contribution < -0.4 is 11.1 Å². The van der Waals surface area contributed by atoms with Crippen LogP contribution in [0.15, 0.2) is 23.6 Å². The summed E-state index contributed by atoms with van der Waals surface area (Å²) in [6.45, 7) is 0.780. The van der Waals surface area contributed by atoms with Crippen LogP contribution in [0.3, 0.4) is 0 Å². The molecule has 0 aliphatic carbocycles. The zero-order chi connectivity index (χ0) is 10.7. The third-order valence-corrected chi connectivity index (χ3v) is 3.77. The predicted molar refractivity (Wildman–Crippen MR) is 65.1 cm³/mol. The van der Waals surface area contributed by atoms with Crippen molar-refractivity contribution in [3.8, 4) is 6.07 Å². The normalized spacial score (nSPS) is 9.80. The molecule has 3 N–H and O–H groups in total. The van der Waals surface area contributed by atoms with Gasteiger partial charge in [0.05, 0.1) is 17.2 Å². The molecule has 2 heterocycles. The first kappa shape index (κ1) is 10.0. The topological polar surface area (TPSA) is 61.8 Å². The van der Waals surface area contributed by atoms with Crippen LogP contribution in [0.1, 0.15) is 9.75 Å². The van der Waals surface area contributed by atoms with Crippen molar-refractivity contribution in [2.45, 2.75) is 6.54 Å². The highest BCUT2D eigenvalue weighted by atomic mass is 32.1. The number of nitriles is 1. The first-order valence-corrected chi connectivity index (χ1v) is 6.05. The Morgan fingerprint density at radius 3 is 3.00 bits per heavy atom. The zero-order valence-corrected chi connectivity index (χ0v) is 9.49. The molecule has 0 aliphatic heterocycles. The van der Waals surface area contributed by atoms with E-state index in [2.05, 4.69) is 17.5 Å². The van der Waals surface area contributed by atoms with E-state index >= 15 is 0 Å². The third kappa shape index (κ3) is 2.29. The van der Waals surface area contributed by atoms with Crippen LogP contribution in [0, 0.1) is 11.3 Å². The standard InChI is InChI=1S/C10H9N3S2/c11-5-9-8(12)4-10(15-9)13-6-7-2-1-3-14-7/h1-4,13H,6,12H2. The molecule has 2 rings (SSSR count). The first-order valence-electron chi connectivity index (χ1n) is 4.35. The molecule has 0 spiro atoms. The van der Waals surface area contributed by atoms with Crippen LogP contribution in [-0.2, 0) is 6.54 Å². The average Bonchev–Trinajstić information content (AvgIpc) is 2.83. The lowest BCUT2D eigenvalue weighted by molar-refractivity contribution is 1.21. The van der Waals surface area contributed by atoms with Gasteiger partial charge in [0.25, 0.3) is 0 Å². The van der Waals surface area contributed by atoms with Gasteiger partial charge in [0.2, 0.25) is 0 Å². The fourth-order valence-corrected chi connectivity index (χ4v) is 2.58. The van der Waals surface area contributed by atoms with E-state index in [-0.39, 0.29) is 0 Å². The minimum atomic E-state index is 0.552. The highest BCUT2D eigenvalue weighted by molar-refractivity contribution is 7.17. The van der Waals surface area contributed by atoms with E-state index in [1.54, 1.807) is 17.4 Å². The first-order chi connectivity index (χ1) is 7.29. The van der Waals surface area contributed by atoms with E-state index < -0.39 is 0 Å². The Balaban J connectivity index is 2.03. The van der Waals surface area contributed by atoms with Crippen LogP contribution in [-0.4, -0.2) is 0 Å². The minimum absolute atomic E-state index is 0.552. The average molecular weight is 235 g/mol. The molecule has 0 fully saturated rings. The van der Waals surface area contributed by atoms with Gasteiger partial charge in [-0.15, -0.1) is 22.7 Å². The maximum Gasteiger partial charge on any atom is 0.129 e. The third-order valence-electron chi connectivity index (χ3n) is 1.88. The van der Waals surface area contributed by atoms with Gasteiger partial charge in [-0.1, -0.05) is 6.07 Å². The number of hydrogen-bond acceptors (Lipinski definition) is 5. The van der Waals surface area contributed by atoms with E-state index in [0.29, 0.717) is 10.6 Å². The van der Waals surface area contributed by atoms with Crippen molar-refractivity contribution in [1.82, 2.24) is 0 Å². The molecular weight excluding hydrogens is 226 g/mol. The minimum Gasteiger partial charge on any atom is -0.397 e. The summed E-state index contributed by atoms with van der Waals surface area (Å²) in [5.41, 5.74) is 6.20. The molecule has 2 aromatic heterocycles. The lowest BCUT2D eigenvalue weighted by Gasteiger charge is -1.99. The molecule has 0 saturated heterocycles. The SMILES string of the molecule is N#Cc1sc(NCc2cccs2)cc1N. The summed E-state index contributed by atoms with van der Waals surface area (Å²) in [5.74, 6) is 0. The number of nitrogens with zero attached hydrogens (tertiary/aromatic N) is 1. The summed E-state index contributed by atoms with van der Waals surface area (Å²) in [7, 11) is 0. The smallest absolute Gasteiger partial charge is 0.129 e. The van der Waals surface area contributed by atoms with Gasteiger partial charge >= 0.3 is 0 Å². The Morgan fingerprint density at radius 1 is 1.53 bits per heavy atom. The van der Waals surface area contributed by atoms with Crippen LogP contribution in [0.4, 0.5) is 10.7 Å². The number of anilines is 2. The number of nitrogen functional groups attached to an aromatic ring is 1. The molecule has 0 unspecified atom stereocenters. The van der Waals surface area contributed by atoms with E-state index in [0.717, 1.165) is 11.5 Å². The van der Waals surface area contributed by atoms with Gasteiger partial charge in [-0.3, -0.25) is 0 Å². The van der Waals surface area contributed by atoms with Crippen molar-refractivity contribution in [3.63, 3.8) is 0 Å². The Kier molecular flexibility index (Phi) is 2.90. The van der Waals surface area contributed by atoms with Crippen molar-refractivity contribution in [3.05, 3.63) is 33.3 Å². The number of nitrogens with two attached hydrogens (primary N) is 1. The lowest BCUT2D eigenvalue weighted by atomic mass is 10.4. The number of rotatable bonds is 3. The monoisotopic (exact) mass is 235 g/mol. The summed E-state index contributed by atoms with van der Waals surface area (Å²) in [4.78, 5) is 1.84. The lowest BCUT2D eigenvalue weighted by Crippen LogP contribution is -1.94. The Bertz CT molecular complexity index is 479. The largest absolute Gasteiger partial charge is 0.397 e. The second kappa shape index (κ2) is 4.34. The quantitative estimate of drug-likeness (QED) is 0.860. The molecule has 5 heteroatoms. The highest BCUT2D eigenvalue weighted by Gasteiger charge is 2.04. The van der Waals surface area contributed by atoms with E-state index in [1.807, 2.05) is 11.4 Å². The number of hydrogen-bond donors (Lipinski definition) is 2. The fourth-order valence-electron chi connectivity index (χ4n) is 1.17. The molecule has 76 valence electrons. The Hall–Kier alpha value is -1.51. The van der Waals surface area contributed by atoms with Gasteiger partial charge in [-0.05, 0) is 17.5 Å². The van der Waals surface area contributed by atoms with Crippen molar-refractivity contribution in [2.24, 2.45) is 0 Å². The maximum absolute atomic E-state index is 8.74. The van der Waals surface area contributed by atoms with Crippen LogP contribution in [0.25, 0.3) is 0 Å². The molecule has 0 bridgehead atoms. The van der Waals surface area contributed by atoms with Crippen molar-refractivity contribution in [1.29, 1.82) is 5.26 Å². The second-order valence-corrected chi connectivity index (χ2v) is 5.02. The van der Waals surface area contributed by atoms with Gasteiger partial charge < -0.3 is 11.1 Å². The molecule has 2 aromatic rings. The van der Waals surface area contributed by atoms with Gasteiger partial charge in [-0.25, -0.2) is 0 Å². The predicted octanol–water partition coefficient (Wildman–Crippen LogP) is 2.88. The molecule has 15 heavy (non-hydrogen) atoms. The Labute approximate surface area is 95.8 Å². The Morgan fingerprint density at radius 2 is 2.40 bits per heavy atom. The van der Waals surface area contributed by atoms with Crippen molar-refractivity contribution >= 4 is 33.4 Å². The van der Waals surface area contributed by atoms with Crippen LogP contribution in [0.2, 0.25) is 0 Å². The van der Waals surface area contributed by atoms with Crippen LogP contribution in [0.5, 0.6) is 0 Å². The molecule has 0 saturated carbocycles. The van der Waals surface area contributed by atoms with Gasteiger partial charge in [0.1, 0.15) is 10.9 Å². The fraction of sp³-hybridized carbons (Fsp3) is 0.100. The zero-order valence-electron chi connectivity index (χ0n) is 7.86. The summed E-state index contributed by atoms with van der Waals surface area (Å²) in [5, 5.41) is 15.0. The van der Waals surface area contributed by atoms with E-state index in [9.17, 15) is 0 Å². The second-order valence-electron chi connectivity index (χ2n) is 2.94. The van der Waals surface area contributed by atoms with Crippen molar-refractivity contribution in [2.75, 3.05) is 11.1 Å². The maximum atomic E-state index is 8.74. The van der Waals surface area contributed by atoms with Gasteiger partial charge in [0, 0.05) is 4.88 Å². The number of thiophene rings is 2. The highest BCUT2D eigenvalue weighted by Crippen LogP contribution is 2.28. The summed E-state index contributed by atoms with van der Waals surface area (Å²) in [6, 6.07) is 7.96. The van der Waals surface area contributed by atoms with Crippen molar-refractivity contribution < 1.29 is 0 Å². The molecular formula is C10H9N3S2.